The maximum Gasteiger partial charge on any atom is 0.142 e. The molecule has 2 aromatic rings. The molecule has 0 fully saturated rings. The number of aromatic carboxylic acids is 1. The molecule has 0 unspecified atom stereocenters. The third kappa shape index (κ3) is 1.85. The molecule has 0 saturated heterocycles. The summed E-state index contributed by atoms with van der Waals surface area (Å²) in [5, 5.41) is 11.9. The van der Waals surface area contributed by atoms with Crippen molar-refractivity contribution in [3.8, 4) is 5.75 Å². The number of aromatic nitrogens is 1. The third-order valence-electron chi connectivity index (χ3n) is 2.75. The average molecular weight is 234 g/mol. The minimum Gasteiger partial charge on any atom is -0.543 e. The molecule has 5 nitrogen and oxygen atoms in total. The summed E-state index contributed by atoms with van der Waals surface area (Å²) in [6, 6.07) is 5.48. The molecule has 4 N–H and O–H groups in total. The van der Waals surface area contributed by atoms with Gasteiger partial charge in [-0.15, -0.1) is 0 Å². The molecule has 0 radical (unpaired) electrons. The number of quaternary nitrogens is 1. The van der Waals surface area contributed by atoms with Gasteiger partial charge in [0.1, 0.15) is 5.75 Å². The maximum atomic E-state index is 11.1. The van der Waals surface area contributed by atoms with Crippen LogP contribution < -0.4 is 15.6 Å². The molecule has 1 aromatic heterocycles. The predicted molar refractivity (Wildman–Crippen MR) is 60.6 cm³/mol. The van der Waals surface area contributed by atoms with Crippen LogP contribution in [0.1, 0.15) is 16.1 Å². The fourth-order valence-corrected chi connectivity index (χ4v) is 2.03. The van der Waals surface area contributed by atoms with E-state index in [-0.39, 0.29) is 5.69 Å². The Bertz CT molecular complexity index is 560. The highest BCUT2D eigenvalue weighted by Crippen LogP contribution is 2.29. The van der Waals surface area contributed by atoms with Crippen molar-refractivity contribution in [1.82, 2.24) is 4.98 Å². The van der Waals surface area contributed by atoms with Gasteiger partial charge in [-0.2, -0.15) is 0 Å². The molecule has 0 bridgehead atoms. The van der Waals surface area contributed by atoms with Crippen molar-refractivity contribution >= 4 is 16.9 Å². The van der Waals surface area contributed by atoms with Crippen molar-refractivity contribution in [2.75, 3.05) is 13.7 Å². The number of nitrogens with one attached hydrogen (secondary N) is 1. The number of methoxy groups -OCH3 is 1. The van der Waals surface area contributed by atoms with E-state index in [2.05, 4.69) is 10.7 Å². The molecule has 17 heavy (non-hydrogen) atoms. The van der Waals surface area contributed by atoms with Crippen molar-refractivity contribution in [2.24, 2.45) is 0 Å². The molecule has 0 amide bonds. The lowest BCUT2D eigenvalue weighted by molar-refractivity contribution is -0.366. The number of para-hydroxylation sites is 1. The van der Waals surface area contributed by atoms with Gasteiger partial charge in [0.15, 0.2) is 0 Å². The van der Waals surface area contributed by atoms with E-state index in [1.165, 1.54) is 0 Å². The van der Waals surface area contributed by atoms with Gasteiger partial charge in [-0.25, -0.2) is 0 Å². The predicted octanol–water partition coefficient (Wildman–Crippen LogP) is -0.676. The molecular weight excluding hydrogens is 220 g/mol. The number of carboxylic acids is 1. The van der Waals surface area contributed by atoms with Crippen molar-refractivity contribution < 1.29 is 20.4 Å². The summed E-state index contributed by atoms with van der Waals surface area (Å²) in [5.74, 6) is -0.577. The van der Waals surface area contributed by atoms with Crippen LogP contribution in [0, 0.1) is 0 Å². The second-order valence-corrected chi connectivity index (χ2v) is 3.75. The van der Waals surface area contributed by atoms with E-state index in [4.69, 9.17) is 4.74 Å². The Hall–Kier alpha value is -2.01. The molecule has 90 valence electrons. The number of carbonyl (C=O) groups is 1. The number of ether oxygens (including phenoxy) is 1. The molecule has 1 heterocycles. The number of aromatic amines is 1. The topological polar surface area (TPSA) is 92.8 Å². The number of hydrogen-bond acceptors (Lipinski definition) is 3. The van der Waals surface area contributed by atoms with E-state index in [1.54, 1.807) is 13.2 Å². The van der Waals surface area contributed by atoms with Gasteiger partial charge in [-0.05, 0) is 11.6 Å². The zero-order valence-electron chi connectivity index (χ0n) is 9.58. The van der Waals surface area contributed by atoms with Crippen LogP contribution in [0.2, 0.25) is 0 Å². The largest absolute Gasteiger partial charge is 0.543 e. The van der Waals surface area contributed by atoms with Gasteiger partial charge in [0.05, 0.1) is 30.8 Å². The molecule has 0 aliphatic carbocycles. The molecule has 0 aliphatic heterocycles. The molecular formula is C12H14N2O3. The van der Waals surface area contributed by atoms with Crippen molar-refractivity contribution in [1.29, 1.82) is 0 Å². The summed E-state index contributed by atoms with van der Waals surface area (Å²) >= 11 is 0. The highest BCUT2D eigenvalue weighted by atomic mass is 16.5. The summed E-state index contributed by atoms with van der Waals surface area (Å²) < 4.78 is 5.19. The van der Waals surface area contributed by atoms with E-state index in [1.807, 2.05) is 12.1 Å². The Labute approximate surface area is 98.2 Å². The monoisotopic (exact) mass is 234 g/mol. The first-order chi connectivity index (χ1) is 8.19. The summed E-state index contributed by atoms with van der Waals surface area (Å²) in [5.41, 5.74) is 5.29. The van der Waals surface area contributed by atoms with Crippen molar-refractivity contribution in [3.05, 3.63) is 29.5 Å². The van der Waals surface area contributed by atoms with E-state index in [9.17, 15) is 9.90 Å². The van der Waals surface area contributed by atoms with Gasteiger partial charge in [-0.3, -0.25) is 0 Å². The summed E-state index contributed by atoms with van der Waals surface area (Å²) in [7, 11) is 1.55. The van der Waals surface area contributed by atoms with Crippen LogP contribution in [-0.4, -0.2) is 24.6 Å². The number of H-pyrrole nitrogens is 1. The normalized spacial score (nSPS) is 10.7. The second-order valence-electron chi connectivity index (χ2n) is 3.75. The molecule has 0 atom stereocenters. The Balaban J connectivity index is 2.74. The van der Waals surface area contributed by atoms with Crippen molar-refractivity contribution in [2.45, 2.75) is 6.42 Å². The smallest absolute Gasteiger partial charge is 0.142 e. The van der Waals surface area contributed by atoms with Crippen LogP contribution in [-0.2, 0) is 6.42 Å². The Kier molecular flexibility index (Phi) is 3.01. The lowest BCUT2D eigenvalue weighted by Gasteiger charge is -2.02. The summed E-state index contributed by atoms with van der Waals surface area (Å²) in [4.78, 5) is 13.9. The highest BCUT2D eigenvalue weighted by Gasteiger charge is 2.14. The third-order valence-corrected chi connectivity index (χ3v) is 2.75. The first-order valence-corrected chi connectivity index (χ1v) is 5.37. The first-order valence-electron chi connectivity index (χ1n) is 5.37. The zero-order chi connectivity index (χ0) is 12.4. The molecule has 2 rings (SSSR count). The van der Waals surface area contributed by atoms with Crippen LogP contribution >= 0.6 is 0 Å². The average Bonchev–Trinajstić information content (AvgIpc) is 2.69. The number of carbonyl (C=O) groups excluding carboxylic acids is 1. The fraction of sp³-hybridized carbons (Fsp3) is 0.250. The van der Waals surface area contributed by atoms with Gasteiger partial charge in [0, 0.05) is 11.8 Å². The molecule has 1 aromatic carbocycles. The standard InChI is InChI=1S/C12H14N2O3/c1-17-9-4-2-3-7-8(5-6-13)11(12(15)16)14-10(7)9/h2-4,14H,5-6,13H2,1H3,(H,15,16). The number of carboxylic acid groups (broad SMARTS) is 1. The minimum atomic E-state index is -1.20. The molecule has 0 aliphatic rings. The SMILES string of the molecule is COc1cccc2c(CC[NH3+])c(C(=O)[O-])[nH]c12. The van der Waals surface area contributed by atoms with Gasteiger partial charge >= 0.3 is 0 Å². The van der Waals surface area contributed by atoms with E-state index < -0.39 is 5.97 Å². The van der Waals surface area contributed by atoms with E-state index in [0.29, 0.717) is 24.2 Å². The second kappa shape index (κ2) is 4.47. The van der Waals surface area contributed by atoms with E-state index in [0.717, 1.165) is 10.9 Å². The maximum absolute atomic E-state index is 11.1. The lowest BCUT2D eigenvalue weighted by atomic mass is 10.1. The molecule has 0 saturated carbocycles. The van der Waals surface area contributed by atoms with Gasteiger partial charge in [0.2, 0.25) is 0 Å². The van der Waals surface area contributed by atoms with Gasteiger partial charge < -0.3 is 25.4 Å². The number of rotatable bonds is 4. The Morgan fingerprint density at radius 1 is 1.53 bits per heavy atom. The van der Waals surface area contributed by atoms with Gasteiger partial charge in [-0.1, -0.05) is 12.1 Å². The molecule has 5 heteroatoms. The van der Waals surface area contributed by atoms with E-state index >= 15 is 0 Å². The summed E-state index contributed by atoms with van der Waals surface area (Å²) in [6.45, 7) is 0.629. The van der Waals surface area contributed by atoms with Crippen LogP contribution in [0.5, 0.6) is 5.75 Å². The number of fused-ring (bicyclic) bond motifs is 1. The fourth-order valence-electron chi connectivity index (χ4n) is 2.03. The zero-order valence-corrected chi connectivity index (χ0v) is 9.58. The van der Waals surface area contributed by atoms with Crippen LogP contribution in [0.3, 0.4) is 0 Å². The van der Waals surface area contributed by atoms with Crippen LogP contribution in [0.25, 0.3) is 10.9 Å². The summed E-state index contributed by atoms with van der Waals surface area (Å²) in [6.07, 6.45) is 0.594. The van der Waals surface area contributed by atoms with Crippen molar-refractivity contribution in [3.63, 3.8) is 0 Å². The first kappa shape index (κ1) is 11.5. The Morgan fingerprint density at radius 2 is 2.29 bits per heavy atom. The van der Waals surface area contributed by atoms with Gasteiger partial charge in [0.25, 0.3) is 0 Å². The quantitative estimate of drug-likeness (QED) is 0.734. The lowest BCUT2D eigenvalue weighted by Crippen LogP contribution is -2.51. The minimum absolute atomic E-state index is 0.119. The Morgan fingerprint density at radius 3 is 2.88 bits per heavy atom. The highest BCUT2D eigenvalue weighted by molar-refractivity contribution is 5.98. The number of benzene rings is 1. The molecule has 0 spiro atoms. The van der Waals surface area contributed by atoms with Crippen LogP contribution in [0.4, 0.5) is 0 Å². The number of hydrogen-bond donors (Lipinski definition) is 2. The van der Waals surface area contributed by atoms with Crippen LogP contribution in [0.15, 0.2) is 18.2 Å².